The Morgan fingerprint density at radius 3 is 2.32 bits per heavy atom. The highest BCUT2D eigenvalue weighted by atomic mass is 35.5. The van der Waals surface area contributed by atoms with Gasteiger partial charge in [0.25, 0.3) is 11.6 Å². The molecule has 2 heterocycles. The van der Waals surface area contributed by atoms with E-state index in [9.17, 15) is 19.9 Å². The van der Waals surface area contributed by atoms with E-state index in [0.717, 1.165) is 10.3 Å². The van der Waals surface area contributed by atoms with Crippen LogP contribution in [-0.2, 0) is 25.6 Å². The third kappa shape index (κ3) is 4.21. The zero-order chi connectivity index (χ0) is 24.8. The van der Waals surface area contributed by atoms with Crippen molar-refractivity contribution >= 4 is 23.5 Å². The standard InChI is InChI=1S/C25H25ClN2O6/c1-14-15(2)28(32)22(27(14)13-16-8-6-5-7-9-16)20(17-10-11-19(29)18(26)12-17)21-23(30)33-25(3,4)34-24(21)31/h5-12,20-21,29H,13H2,1-4H3/t20-/m1/s1. The molecule has 1 N–H and O–H groups in total. The number of benzene rings is 2. The fourth-order valence-corrected chi connectivity index (χ4v) is 4.45. The van der Waals surface area contributed by atoms with E-state index in [4.69, 9.17) is 21.1 Å². The van der Waals surface area contributed by atoms with Crippen LogP contribution < -0.4 is 4.73 Å². The predicted molar refractivity (Wildman–Crippen MR) is 123 cm³/mol. The zero-order valence-corrected chi connectivity index (χ0v) is 20.0. The summed E-state index contributed by atoms with van der Waals surface area (Å²) in [6, 6.07) is 13.8. The Morgan fingerprint density at radius 1 is 1.12 bits per heavy atom. The van der Waals surface area contributed by atoms with Gasteiger partial charge in [-0.1, -0.05) is 48.0 Å². The Balaban J connectivity index is 1.95. The number of hydrogen-bond acceptors (Lipinski definition) is 6. The number of phenols is 1. The van der Waals surface area contributed by atoms with E-state index in [1.165, 1.54) is 32.0 Å². The Bertz CT molecular complexity index is 1250. The summed E-state index contributed by atoms with van der Waals surface area (Å²) >= 11 is 6.17. The highest BCUT2D eigenvalue weighted by molar-refractivity contribution is 6.32. The number of aromatic nitrogens is 2. The molecule has 1 aliphatic rings. The highest BCUT2D eigenvalue weighted by Gasteiger charge is 2.52. The van der Waals surface area contributed by atoms with E-state index >= 15 is 0 Å². The van der Waals surface area contributed by atoms with Gasteiger partial charge in [0.1, 0.15) is 29.6 Å². The molecule has 1 atom stereocenters. The van der Waals surface area contributed by atoms with Crippen LogP contribution in [0.3, 0.4) is 0 Å². The number of aromatic hydroxyl groups is 1. The summed E-state index contributed by atoms with van der Waals surface area (Å²) in [6.45, 7) is 6.74. The fourth-order valence-electron chi connectivity index (χ4n) is 4.26. The van der Waals surface area contributed by atoms with Gasteiger partial charge < -0.3 is 19.8 Å². The number of carbonyl (C=O) groups is 2. The van der Waals surface area contributed by atoms with Crippen LogP contribution in [-0.4, -0.2) is 27.4 Å². The fraction of sp³-hybridized carbons (Fsp3) is 0.320. The maximum atomic E-state index is 13.5. The molecule has 1 saturated heterocycles. The van der Waals surface area contributed by atoms with Gasteiger partial charge in [-0.2, -0.15) is 0 Å². The number of imidazole rings is 1. The molecular formula is C25H25ClN2O6. The summed E-state index contributed by atoms with van der Waals surface area (Å²) in [5, 5.41) is 23.4. The molecular weight excluding hydrogens is 460 g/mol. The number of carbonyl (C=O) groups excluding carboxylic acids is 2. The molecule has 0 saturated carbocycles. The Kier molecular flexibility index (Phi) is 6.03. The first-order valence-electron chi connectivity index (χ1n) is 10.8. The van der Waals surface area contributed by atoms with Gasteiger partial charge in [-0.15, -0.1) is 0 Å². The van der Waals surface area contributed by atoms with Crippen molar-refractivity contribution in [3.8, 4) is 5.75 Å². The Labute approximate surface area is 201 Å². The molecule has 0 bridgehead atoms. The summed E-state index contributed by atoms with van der Waals surface area (Å²) in [7, 11) is 0. The number of esters is 2. The molecule has 1 aromatic heterocycles. The van der Waals surface area contributed by atoms with Crippen LogP contribution in [0.4, 0.5) is 0 Å². The van der Waals surface area contributed by atoms with E-state index in [0.29, 0.717) is 23.5 Å². The van der Waals surface area contributed by atoms with Gasteiger partial charge in [-0.3, -0.25) is 9.59 Å². The summed E-state index contributed by atoms with van der Waals surface area (Å²) < 4.78 is 13.3. The van der Waals surface area contributed by atoms with E-state index in [1.807, 2.05) is 30.3 Å². The lowest BCUT2D eigenvalue weighted by Crippen LogP contribution is -2.50. The molecule has 1 fully saturated rings. The first kappa shape index (κ1) is 23.6. The maximum absolute atomic E-state index is 13.5. The van der Waals surface area contributed by atoms with Crippen molar-refractivity contribution in [1.29, 1.82) is 0 Å². The van der Waals surface area contributed by atoms with Crippen LogP contribution in [0.25, 0.3) is 0 Å². The summed E-state index contributed by atoms with van der Waals surface area (Å²) in [5.74, 6) is -5.57. The Hall–Kier alpha value is -3.52. The third-order valence-corrected chi connectivity index (χ3v) is 6.35. The summed E-state index contributed by atoms with van der Waals surface area (Å²) in [4.78, 5) is 26.2. The van der Waals surface area contributed by atoms with Crippen molar-refractivity contribution < 1.29 is 28.9 Å². The molecule has 178 valence electrons. The van der Waals surface area contributed by atoms with E-state index in [2.05, 4.69) is 0 Å². The summed E-state index contributed by atoms with van der Waals surface area (Å²) in [5.41, 5.74) is 2.43. The predicted octanol–water partition coefficient (Wildman–Crippen LogP) is 3.73. The number of halogens is 1. The van der Waals surface area contributed by atoms with Crippen LogP contribution in [0.1, 0.15) is 48.1 Å². The molecule has 0 spiro atoms. The molecule has 8 nitrogen and oxygen atoms in total. The second-order valence-corrected chi connectivity index (χ2v) is 9.21. The number of cyclic esters (lactones) is 2. The summed E-state index contributed by atoms with van der Waals surface area (Å²) in [6.07, 6.45) is 0. The number of ether oxygens (including phenoxy) is 2. The van der Waals surface area contributed by atoms with E-state index in [-0.39, 0.29) is 16.6 Å². The number of hydrogen-bond donors (Lipinski definition) is 1. The third-order valence-electron chi connectivity index (χ3n) is 6.04. The molecule has 3 aromatic rings. The van der Waals surface area contributed by atoms with Crippen molar-refractivity contribution in [2.75, 3.05) is 0 Å². The highest BCUT2D eigenvalue weighted by Crippen LogP contribution is 2.40. The van der Waals surface area contributed by atoms with E-state index in [1.54, 1.807) is 18.4 Å². The van der Waals surface area contributed by atoms with Gasteiger partial charge in [0, 0.05) is 27.7 Å². The average Bonchev–Trinajstić information content (AvgIpc) is 2.96. The van der Waals surface area contributed by atoms with Crippen LogP contribution >= 0.6 is 11.6 Å². The monoisotopic (exact) mass is 484 g/mol. The molecule has 0 unspecified atom stereocenters. The quantitative estimate of drug-likeness (QED) is 0.256. The molecule has 9 heteroatoms. The molecule has 0 amide bonds. The minimum absolute atomic E-state index is 0.0208. The zero-order valence-electron chi connectivity index (χ0n) is 19.2. The first-order valence-corrected chi connectivity index (χ1v) is 11.1. The van der Waals surface area contributed by atoms with Gasteiger partial charge in [0.05, 0.1) is 5.02 Å². The normalized spacial score (nSPS) is 16.7. The van der Waals surface area contributed by atoms with Gasteiger partial charge in [-0.05, 0) is 23.3 Å². The molecule has 34 heavy (non-hydrogen) atoms. The van der Waals surface area contributed by atoms with Gasteiger partial charge >= 0.3 is 11.9 Å². The minimum atomic E-state index is -1.45. The molecule has 1 aliphatic heterocycles. The lowest BCUT2D eigenvalue weighted by atomic mass is 9.84. The van der Waals surface area contributed by atoms with Crippen LogP contribution in [0.2, 0.25) is 5.02 Å². The lowest BCUT2D eigenvalue weighted by Gasteiger charge is -2.35. The molecule has 0 radical (unpaired) electrons. The van der Waals surface area contributed by atoms with Gasteiger partial charge in [0.15, 0.2) is 5.92 Å². The lowest BCUT2D eigenvalue weighted by molar-refractivity contribution is -0.621. The van der Waals surface area contributed by atoms with Crippen LogP contribution in [0, 0.1) is 25.0 Å². The van der Waals surface area contributed by atoms with Crippen molar-refractivity contribution in [2.24, 2.45) is 5.92 Å². The number of phenolic OH excluding ortho intramolecular Hbond substituents is 1. The Morgan fingerprint density at radius 2 is 1.74 bits per heavy atom. The van der Waals surface area contributed by atoms with Gasteiger partial charge in [0.2, 0.25) is 0 Å². The average molecular weight is 485 g/mol. The van der Waals surface area contributed by atoms with Gasteiger partial charge in [-0.25, -0.2) is 9.30 Å². The topological polar surface area (TPSA) is 105 Å². The second-order valence-electron chi connectivity index (χ2n) is 8.80. The van der Waals surface area contributed by atoms with Crippen LogP contribution in [0.5, 0.6) is 5.75 Å². The van der Waals surface area contributed by atoms with Crippen molar-refractivity contribution in [3.05, 3.63) is 87.1 Å². The van der Waals surface area contributed by atoms with Crippen LogP contribution in [0.15, 0.2) is 48.5 Å². The number of rotatable bonds is 5. The van der Waals surface area contributed by atoms with E-state index < -0.39 is 29.6 Å². The SMILES string of the molecule is Cc1c(C)[n+]([O-])c([C@H](c2ccc(O)c(Cl)c2)C2C(=O)OC(C)(C)OC2=O)n1Cc1ccccc1. The largest absolute Gasteiger partial charge is 0.711 e. The second kappa shape index (κ2) is 8.68. The molecule has 0 aliphatic carbocycles. The minimum Gasteiger partial charge on any atom is -0.711 e. The first-order chi connectivity index (χ1) is 16.0. The molecule has 2 aromatic carbocycles. The molecule has 4 rings (SSSR count). The smallest absolute Gasteiger partial charge is 0.324 e. The van der Waals surface area contributed by atoms with Crippen molar-refractivity contribution in [1.82, 2.24) is 4.57 Å². The maximum Gasteiger partial charge on any atom is 0.324 e. The van der Waals surface area contributed by atoms with Crippen molar-refractivity contribution in [2.45, 2.75) is 45.9 Å². The number of nitrogens with zero attached hydrogens (tertiary/aromatic N) is 2. The van der Waals surface area contributed by atoms with Crippen molar-refractivity contribution in [3.63, 3.8) is 0 Å².